The fourth-order valence-electron chi connectivity index (χ4n) is 3.27. The monoisotopic (exact) mass is 508 g/mol. The van der Waals surface area contributed by atoms with Crippen molar-refractivity contribution >= 4 is 29.7 Å². The third kappa shape index (κ3) is 9.90. The molecule has 1 saturated heterocycles. The van der Waals surface area contributed by atoms with Crippen LogP contribution in [0.15, 0.2) is 24.3 Å². The highest BCUT2D eigenvalue weighted by atomic mass is 16.7. The number of likely N-dealkylation sites (tertiary alicyclic amines) is 1. The number of Topliss-reactive ketones (excluding diaryl/α,β-unsaturated/α-hetero) is 1. The van der Waals surface area contributed by atoms with E-state index in [0.717, 1.165) is 0 Å². The summed E-state index contributed by atoms with van der Waals surface area (Å²) in [5.41, 5.74) is 0.375. The first kappa shape index (κ1) is 28.6. The van der Waals surface area contributed by atoms with Gasteiger partial charge in [0.15, 0.2) is 12.4 Å². The van der Waals surface area contributed by atoms with Gasteiger partial charge in [-0.05, 0) is 51.0 Å². The zero-order chi connectivity index (χ0) is 26.5. The van der Waals surface area contributed by atoms with Crippen LogP contribution in [0.25, 0.3) is 0 Å². The van der Waals surface area contributed by atoms with E-state index in [-0.39, 0.29) is 31.6 Å². The van der Waals surface area contributed by atoms with Gasteiger partial charge in [0.2, 0.25) is 12.7 Å². The Morgan fingerprint density at radius 1 is 1.03 bits per heavy atom. The number of ketones is 1. The van der Waals surface area contributed by atoms with Crippen LogP contribution >= 0.6 is 0 Å². The first-order valence-electron chi connectivity index (χ1n) is 11.6. The summed E-state index contributed by atoms with van der Waals surface area (Å²) in [6.07, 6.45) is -0.601. The summed E-state index contributed by atoms with van der Waals surface area (Å²) >= 11 is 0. The molecular formula is C24H32N2O10. The highest BCUT2D eigenvalue weighted by Gasteiger charge is 2.27. The average molecular weight is 509 g/mol. The molecule has 1 aliphatic rings. The van der Waals surface area contributed by atoms with Crippen LogP contribution in [0.3, 0.4) is 0 Å². The van der Waals surface area contributed by atoms with Gasteiger partial charge in [0.05, 0.1) is 19.3 Å². The van der Waals surface area contributed by atoms with Crippen molar-refractivity contribution in [3.05, 3.63) is 29.8 Å². The molecule has 0 saturated carbocycles. The summed E-state index contributed by atoms with van der Waals surface area (Å²) < 4.78 is 25.3. The normalized spacial score (nSPS) is 14.4. The van der Waals surface area contributed by atoms with Crippen LogP contribution < -0.4 is 10.1 Å². The van der Waals surface area contributed by atoms with E-state index in [4.69, 9.17) is 18.9 Å². The molecule has 2 amide bonds. The number of piperidine rings is 1. The third-order valence-electron chi connectivity index (χ3n) is 5.17. The minimum absolute atomic E-state index is 0.206. The minimum Gasteiger partial charge on any atom is -0.482 e. The number of amides is 2. The molecule has 12 heteroatoms. The van der Waals surface area contributed by atoms with Crippen molar-refractivity contribution in [1.29, 1.82) is 0 Å². The minimum atomic E-state index is -0.788. The molecule has 1 heterocycles. The highest BCUT2D eigenvalue weighted by Crippen LogP contribution is 2.17. The Labute approximate surface area is 209 Å². The van der Waals surface area contributed by atoms with E-state index in [9.17, 15) is 24.0 Å². The van der Waals surface area contributed by atoms with Crippen molar-refractivity contribution in [3.63, 3.8) is 0 Å². The second-order valence-corrected chi connectivity index (χ2v) is 7.89. The van der Waals surface area contributed by atoms with E-state index in [1.807, 2.05) is 0 Å². The zero-order valence-corrected chi connectivity index (χ0v) is 20.7. The van der Waals surface area contributed by atoms with E-state index in [2.05, 4.69) is 10.1 Å². The number of carbonyl (C=O) groups excluding carboxylic acids is 5. The Morgan fingerprint density at radius 3 is 2.31 bits per heavy atom. The van der Waals surface area contributed by atoms with Crippen molar-refractivity contribution in [2.45, 2.75) is 45.8 Å². The lowest BCUT2D eigenvalue weighted by atomic mass is 10.1. The number of rotatable bonds is 12. The standard InChI is InChI=1S/C24H32N2O10/c1-4-32-22(29)14-33-19-7-5-18(6-8-19)21(28)13-25-23(30)16(2)36-20-9-11-26(12-10-20)24(31)35-15-34-17(3)27/h5-8,16,20H,4,9-15H2,1-3H3,(H,25,30)/t16-/m0/s1. The number of carbonyl (C=O) groups is 5. The summed E-state index contributed by atoms with van der Waals surface area (Å²) in [6.45, 7) is 4.64. The van der Waals surface area contributed by atoms with Crippen molar-refractivity contribution in [2.75, 3.05) is 39.6 Å². The molecule has 0 aliphatic carbocycles. The Bertz CT molecular complexity index is 910. The van der Waals surface area contributed by atoms with Gasteiger partial charge in [-0.2, -0.15) is 0 Å². The van der Waals surface area contributed by atoms with Crippen molar-refractivity contribution in [3.8, 4) is 5.75 Å². The number of nitrogens with zero attached hydrogens (tertiary/aromatic N) is 1. The maximum absolute atomic E-state index is 12.4. The fraction of sp³-hybridized carbons (Fsp3) is 0.542. The quantitative estimate of drug-likeness (QED) is 0.250. The summed E-state index contributed by atoms with van der Waals surface area (Å²) in [5, 5.41) is 2.57. The predicted molar refractivity (Wildman–Crippen MR) is 124 cm³/mol. The molecule has 12 nitrogen and oxygen atoms in total. The van der Waals surface area contributed by atoms with Crippen molar-refractivity contribution < 1.29 is 47.7 Å². The van der Waals surface area contributed by atoms with E-state index in [0.29, 0.717) is 37.2 Å². The molecule has 1 aromatic rings. The third-order valence-corrected chi connectivity index (χ3v) is 5.17. The van der Waals surface area contributed by atoms with Crippen LogP contribution in [0.4, 0.5) is 4.79 Å². The van der Waals surface area contributed by atoms with Crippen LogP contribution in [0.1, 0.15) is 44.0 Å². The van der Waals surface area contributed by atoms with Crippen LogP contribution in [0.5, 0.6) is 5.75 Å². The molecule has 36 heavy (non-hydrogen) atoms. The topological polar surface area (TPSA) is 147 Å². The van der Waals surface area contributed by atoms with E-state index in [1.54, 1.807) is 38.1 Å². The number of hydrogen-bond donors (Lipinski definition) is 1. The number of ether oxygens (including phenoxy) is 5. The second kappa shape index (κ2) is 14.7. The Kier molecular flexibility index (Phi) is 11.6. The first-order valence-corrected chi connectivity index (χ1v) is 11.6. The van der Waals surface area contributed by atoms with E-state index in [1.165, 1.54) is 11.8 Å². The lowest BCUT2D eigenvalue weighted by Gasteiger charge is -2.32. The number of hydrogen-bond acceptors (Lipinski definition) is 10. The SMILES string of the molecule is CCOC(=O)COc1ccc(C(=O)CNC(=O)[C@H](C)OC2CCN(C(=O)OCOC(C)=O)CC2)cc1. The highest BCUT2D eigenvalue weighted by molar-refractivity contribution is 5.99. The van der Waals surface area contributed by atoms with Crippen LogP contribution in [0, 0.1) is 0 Å². The zero-order valence-electron chi connectivity index (χ0n) is 20.7. The first-order chi connectivity index (χ1) is 17.2. The van der Waals surface area contributed by atoms with E-state index >= 15 is 0 Å². The van der Waals surface area contributed by atoms with Gasteiger partial charge < -0.3 is 33.9 Å². The van der Waals surface area contributed by atoms with Crippen LogP contribution in [-0.2, 0) is 33.3 Å². The summed E-state index contributed by atoms with van der Waals surface area (Å²) in [5.74, 6) is -1.34. The maximum Gasteiger partial charge on any atom is 0.412 e. The molecule has 0 spiro atoms. The smallest absolute Gasteiger partial charge is 0.412 e. The lowest BCUT2D eigenvalue weighted by Crippen LogP contribution is -2.44. The van der Waals surface area contributed by atoms with Gasteiger partial charge in [0, 0.05) is 25.6 Å². The molecule has 1 N–H and O–H groups in total. The molecule has 0 unspecified atom stereocenters. The Hall–Kier alpha value is -3.67. The van der Waals surface area contributed by atoms with Gasteiger partial charge >= 0.3 is 18.0 Å². The molecule has 1 atom stereocenters. The fourth-order valence-corrected chi connectivity index (χ4v) is 3.27. The van der Waals surface area contributed by atoms with Crippen molar-refractivity contribution in [2.24, 2.45) is 0 Å². The number of benzene rings is 1. The molecule has 0 aromatic heterocycles. The van der Waals surface area contributed by atoms with Crippen LogP contribution in [0.2, 0.25) is 0 Å². The van der Waals surface area contributed by atoms with Gasteiger partial charge in [0.1, 0.15) is 11.9 Å². The molecule has 0 bridgehead atoms. The predicted octanol–water partition coefficient (Wildman–Crippen LogP) is 1.45. The number of nitrogens with one attached hydrogen (secondary N) is 1. The summed E-state index contributed by atoms with van der Waals surface area (Å²) in [7, 11) is 0. The maximum atomic E-state index is 12.4. The summed E-state index contributed by atoms with van der Waals surface area (Å²) in [4.78, 5) is 60.2. The van der Waals surface area contributed by atoms with Gasteiger partial charge in [-0.25, -0.2) is 9.59 Å². The average Bonchev–Trinajstić information content (AvgIpc) is 2.86. The molecule has 0 radical (unpaired) electrons. The molecule has 1 fully saturated rings. The molecule has 198 valence electrons. The largest absolute Gasteiger partial charge is 0.482 e. The van der Waals surface area contributed by atoms with Crippen LogP contribution in [-0.4, -0.2) is 86.5 Å². The molecule has 1 aromatic carbocycles. The Morgan fingerprint density at radius 2 is 1.69 bits per heavy atom. The summed E-state index contributed by atoms with van der Waals surface area (Å²) in [6, 6.07) is 6.19. The number of esters is 2. The Balaban J connectivity index is 1.68. The van der Waals surface area contributed by atoms with Crippen molar-refractivity contribution in [1.82, 2.24) is 10.2 Å². The van der Waals surface area contributed by atoms with Gasteiger partial charge in [0.25, 0.3) is 0 Å². The van der Waals surface area contributed by atoms with Gasteiger partial charge in [-0.3, -0.25) is 14.4 Å². The lowest BCUT2D eigenvalue weighted by molar-refractivity contribution is -0.150. The molecule has 2 rings (SSSR count). The molecular weight excluding hydrogens is 476 g/mol. The van der Waals surface area contributed by atoms with Gasteiger partial charge in [-0.15, -0.1) is 0 Å². The van der Waals surface area contributed by atoms with E-state index < -0.39 is 36.8 Å². The second-order valence-electron chi connectivity index (χ2n) is 7.89. The molecule has 1 aliphatic heterocycles. The van der Waals surface area contributed by atoms with Gasteiger partial charge in [-0.1, -0.05) is 0 Å².